The highest BCUT2D eigenvalue weighted by molar-refractivity contribution is 5.23. The Kier molecular flexibility index (Phi) is 3.60. The smallest absolute Gasteiger partial charge is 0.00179 e. The summed E-state index contributed by atoms with van der Waals surface area (Å²) in [6, 6.07) is 10.8. The lowest BCUT2D eigenvalue weighted by Crippen LogP contribution is -2.02. The number of benzene rings is 1. The highest BCUT2D eigenvalue weighted by Crippen LogP contribution is 2.34. The molecule has 0 heterocycles. The van der Waals surface area contributed by atoms with Crippen molar-refractivity contribution in [3.05, 3.63) is 48.6 Å². The van der Waals surface area contributed by atoms with Crippen LogP contribution in [0.1, 0.15) is 43.6 Å². The molecule has 1 atom stereocenters. The maximum Gasteiger partial charge on any atom is 0.00179 e. The van der Waals surface area contributed by atoms with Crippen LogP contribution in [-0.4, -0.2) is 0 Å². The standard InChI is InChI=1S/C15H20/c1-2-14(12-13-8-6-7-9-13)15-10-4-3-5-11-15/h2-5,10-11,13-14H,1,6-9,12H2. The second-order valence-electron chi connectivity index (χ2n) is 4.64. The van der Waals surface area contributed by atoms with Crippen molar-refractivity contribution in [3.63, 3.8) is 0 Å². The predicted molar refractivity (Wildman–Crippen MR) is 66.0 cm³/mol. The highest BCUT2D eigenvalue weighted by Gasteiger charge is 2.19. The number of rotatable bonds is 4. The minimum absolute atomic E-state index is 0.564. The Hall–Kier alpha value is -1.04. The molecule has 0 spiro atoms. The number of allylic oxidation sites excluding steroid dienone is 1. The van der Waals surface area contributed by atoms with Gasteiger partial charge in [-0.2, -0.15) is 0 Å². The van der Waals surface area contributed by atoms with Gasteiger partial charge in [-0.3, -0.25) is 0 Å². The highest BCUT2D eigenvalue weighted by atomic mass is 14.2. The van der Waals surface area contributed by atoms with Crippen LogP contribution in [0.4, 0.5) is 0 Å². The van der Waals surface area contributed by atoms with Crippen LogP contribution in [0.5, 0.6) is 0 Å². The summed E-state index contributed by atoms with van der Waals surface area (Å²) in [4.78, 5) is 0. The normalized spacial score (nSPS) is 18.9. The Morgan fingerprint density at radius 3 is 2.47 bits per heavy atom. The maximum atomic E-state index is 3.98. The van der Waals surface area contributed by atoms with Crippen molar-refractivity contribution >= 4 is 0 Å². The lowest BCUT2D eigenvalue weighted by atomic mass is 9.88. The molecule has 1 aromatic rings. The minimum atomic E-state index is 0.564. The van der Waals surface area contributed by atoms with E-state index < -0.39 is 0 Å². The van der Waals surface area contributed by atoms with E-state index in [4.69, 9.17) is 0 Å². The molecule has 0 saturated heterocycles. The van der Waals surface area contributed by atoms with Gasteiger partial charge in [0.1, 0.15) is 0 Å². The second kappa shape index (κ2) is 5.16. The molecular formula is C15H20. The summed E-state index contributed by atoms with van der Waals surface area (Å²) < 4.78 is 0. The zero-order valence-electron chi connectivity index (χ0n) is 9.36. The van der Waals surface area contributed by atoms with Crippen LogP contribution in [0.25, 0.3) is 0 Å². The molecule has 1 aromatic carbocycles. The van der Waals surface area contributed by atoms with Gasteiger partial charge >= 0.3 is 0 Å². The Morgan fingerprint density at radius 2 is 1.87 bits per heavy atom. The number of hydrogen-bond donors (Lipinski definition) is 0. The fraction of sp³-hybridized carbons (Fsp3) is 0.467. The van der Waals surface area contributed by atoms with Crippen molar-refractivity contribution in [2.45, 2.75) is 38.0 Å². The first-order valence-electron chi connectivity index (χ1n) is 6.07. The molecule has 1 aliphatic carbocycles. The van der Waals surface area contributed by atoms with Gasteiger partial charge in [-0.25, -0.2) is 0 Å². The third kappa shape index (κ3) is 2.71. The maximum absolute atomic E-state index is 3.98. The first-order valence-corrected chi connectivity index (χ1v) is 6.07. The molecule has 0 amide bonds. The summed E-state index contributed by atoms with van der Waals surface area (Å²) in [6.45, 7) is 3.98. The Labute approximate surface area is 93.0 Å². The van der Waals surface area contributed by atoms with Crippen molar-refractivity contribution in [2.75, 3.05) is 0 Å². The molecule has 1 unspecified atom stereocenters. The van der Waals surface area contributed by atoms with Gasteiger partial charge in [0.05, 0.1) is 0 Å². The Balaban J connectivity index is 2.01. The molecule has 0 aliphatic heterocycles. The van der Waals surface area contributed by atoms with Gasteiger partial charge in [0.25, 0.3) is 0 Å². The summed E-state index contributed by atoms with van der Waals surface area (Å²) in [5.74, 6) is 1.50. The van der Waals surface area contributed by atoms with Crippen LogP contribution in [-0.2, 0) is 0 Å². The van der Waals surface area contributed by atoms with Crippen molar-refractivity contribution in [1.29, 1.82) is 0 Å². The molecule has 0 nitrogen and oxygen atoms in total. The van der Waals surface area contributed by atoms with Crippen molar-refractivity contribution in [2.24, 2.45) is 5.92 Å². The van der Waals surface area contributed by atoms with Gasteiger partial charge in [0.2, 0.25) is 0 Å². The van der Waals surface area contributed by atoms with E-state index in [2.05, 4.69) is 43.0 Å². The monoisotopic (exact) mass is 200 g/mol. The molecule has 1 saturated carbocycles. The molecule has 0 bridgehead atoms. The van der Waals surface area contributed by atoms with E-state index in [1.165, 1.54) is 37.7 Å². The van der Waals surface area contributed by atoms with Crippen LogP contribution in [0.3, 0.4) is 0 Å². The van der Waals surface area contributed by atoms with Crippen LogP contribution < -0.4 is 0 Å². The van der Waals surface area contributed by atoms with Gasteiger partial charge in [-0.05, 0) is 17.9 Å². The fourth-order valence-electron chi connectivity index (χ4n) is 2.67. The molecule has 1 aliphatic rings. The van der Waals surface area contributed by atoms with Gasteiger partial charge in [-0.1, -0.05) is 62.1 Å². The van der Waals surface area contributed by atoms with Crippen LogP contribution in [0, 0.1) is 5.92 Å². The molecule has 0 N–H and O–H groups in total. The largest absolute Gasteiger partial charge is 0.102 e. The molecule has 1 fully saturated rings. The van der Waals surface area contributed by atoms with Crippen molar-refractivity contribution in [1.82, 2.24) is 0 Å². The van der Waals surface area contributed by atoms with Gasteiger partial charge in [-0.15, -0.1) is 6.58 Å². The lowest BCUT2D eigenvalue weighted by Gasteiger charge is -2.17. The molecular weight excluding hydrogens is 180 g/mol. The third-order valence-corrected chi connectivity index (χ3v) is 3.57. The van der Waals surface area contributed by atoms with E-state index in [1.807, 2.05) is 0 Å². The average Bonchev–Trinajstić information content (AvgIpc) is 2.80. The molecule has 15 heavy (non-hydrogen) atoms. The SMILES string of the molecule is C=CC(CC1CCCC1)c1ccccc1. The van der Waals surface area contributed by atoms with Gasteiger partial charge in [0.15, 0.2) is 0 Å². The second-order valence-corrected chi connectivity index (χ2v) is 4.64. The summed E-state index contributed by atoms with van der Waals surface area (Å²) >= 11 is 0. The predicted octanol–water partition coefficient (Wildman–Crippen LogP) is 4.54. The summed E-state index contributed by atoms with van der Waals surface area (Å²) in [5.41, 5.74) is 1.43. The topological polar surface area (TPSA) is 0 Å². The van der Waals surface area contributed by atoms with Crippen LogP contribution >= 0.6 is 0 Å². The van der Waals surface area contributed by atoms with Gasteiger partial charge in [0, 0.05) is 5.92 Å². The fourth-order valence-corrected chi connectivity index (χ4v) is 2.67. The first-order chi connectivity index (χ1) is 7.40. The van der Waals surface area contributed by atoms with E-state index in [0.717, 1.165) is 5.92 Å². The Bertz CT molecular complexity index is 293. The van der Waals surface area contributed by atoms with E-state index >= 15 is 0 Å². The molecule has 0 radical (unpaired) electrons. The zero-order valence-corrected chi connectivity index (χ0v) is 9.36. The third-order valence-electron chi connectivity index (χ3n) is 3.57. The zero-order chi connectivity index (χ0) is 10.5. The minimum Gasteiger partial charge on any atom is -0.102 e. The van der Waals surface area contributed by atoms with E-state index in [0.29, 0.717) is 5.92 Å². The molecule has 80 valence electrons. The quantitative estimate of drug-likeness (QED) is 0.626. The lowest BCUT2D eigenvalue weighted by molar-refractivity contribution is 0.479. The Morgan fingerprint density at radius 1 is 1.20 bits per heavy atom. The van der Waals surface area contributed by atoms with Crippen molar-refractivity contribution < 1.29 is 0 Å². The van der Waals surface area contributed by atoms with Crippen molar-refractivity contribution in [3.8, 4) is 0 Å². The van der Waals surface area contributed by atoms with E-state index in [-0.39, 0.29) is 0 Å². The summed E-state index contributed by atoms with van der Waals surface area (Å²) in [7, 11) is 0. The first kappa shape index (κ1) is 10.5. The van der Waals surface area contributed by atoms with E-state index in [9.17, 15) is 0 Å². The van der Waals surface area contributed by atoms with E-state index in [1.54, 1.807) is 0 Å². The van der Waals surface area contributed by atoms with Crippen LogP contribution in [0.15, 0.2) is 43.0 Å². The average molecular weight is 200 g/mol. The van der Waals surface area contributed by atoms with Crippen LogP contribution in [0.2, 0.25) is 0 Å². The van der Waals surface area contributed by atoms with Gasteiger partial charge < -0.3 is 0 Å². The summed E-state index contributed by atoms with van der Waals surface area (Å²) in [6.07, 6.45) is 9.14. The number of hydrogen-bond acceptors (Lipinski definition) is 0. The molecule has 0 heteroatoms. The summed E-state index contributed by atoms with van der Waals surface area (Å²) in [5, 5.41) is 0. The molecule has 2 rings (SSSR count). The molecule has 0 aromatic heterocycles.